The van der Waals surface area contributed by atoms with Crippen LogP contribution in [-0.2, 0) is 4.79 Å². The van der Waals surface area contributed by atoms with E-state index in [4.69, 9.17) is 20.9 Å². The van der Waals surface area contributed by atoms with E-state index in [1.165, 1.54) is 0 Å². The van der Waals surface area contributed by atoms with Crippen LogP contribution in [0.15, 0.2) is 35.0 Å². The number of carbonyl (C=O) groups is 1. The largest absolute Gasteiger partial charge is 0.481 e. The second-order valence-corrected chi connectivity index (χ2v) is 8.73. The van der Waals surface area contributed by atoms with Crippen molar-refractivity contribution in [1.29, 1.82) is 0 Å². The average Bonchev–Trinajstić information content (AvgIpc) is 3.39. The lowest BCUT2D eigenvalue weighted by Crippen LogP contribution is -2.17. The zero-order valence-electron chi connectivity index (χ0n) is 18.1. The van der Waals surface area contributed by atoms with Crippen LogP contribution in [0.5, 0.6) is 5.88 Å². The van der Waals surface area contributed by atoms with Gasteiger partial charge in [-0.05, 0) is 69.9 Å². The number of aromatic nitrogens is 3. The maximum absolute atomic E-state index is 11.2. The van der Waals surface area contributed by atoms with Gasteiger partial charge in [0.15, 0.2) is 0 Å². The number of benzene rings is 1. The molecule has 1 saturated carbocycles. The van der Waals surface area contributed by atoms with Crippen molar-refractivity contribution in [2.45, 2.75) is 52.2 Å². The standard InChI is InChI=1S/C23H25ClN4O4/c1-12(2)31-22-19(24)10-15(11-25-22)20-27-21(32-28-20)18-7-6-16(8-13(18)3)26-17-5-4-14(9-17)23(29)30/h6-8,10-12,14,17,26H,4-5,9H2,1-3H3,(H,29,30)/t14-,17+/m1/s1. The summed E-state index contributed by atoms with van der Waals surface area (Å²) in [6.07, 6.45) is 3.77. The maximum Gasteiger partial charge on any atom is 0.306 e. The average molecular weight is 457 g/mol. The van der Waals surface area contributed by atoms with E-state index in [0.717, 1.165) is 23.2 Å². The Kier molecular flexibility index (Phi) is 6.32. The fourth-order valence-corrected chi connectivity index (χ4v) is 4.08. The van der Waals surface area contributed by atoms with Crippen molar-refractivity contribution in [2.24, 2.45) is 5.92 Å². The molecule has 8 nitrogen and oxygen atoms in total. The number of carboxylic acid groups (broad SMARTS) is 1. The number of halogens is 1. The molecule has 1 aliphatic rings. The molecule has 0 aliphatic heterocycles. The van der Waals surface area contributed by atoms with Crippen LogP contribution in [-0.4, -0.2) is 38.3 Å². The summed E-state index contributed by atoms with van der Waals surface area (Å²) >= 11 is 6.27. The van der Waals surface area contributed by atoms with Crippen LogP contribution in [0.1, 0.15) is 38.7 Å². The summed E-state index contributed by atoms with van der Waals surface area (Å²) in [6, 6.07) is 7.73. The van der Waals surface area contributed by atoms with Crippen LogP contribution in [0.4, 0.5) is 5.69 Å². The van der Waals surface area contributed by atoms with Crippen molar-refractivity contribution >= 4 is 23.3 Å². The third-order valence-electron chi connectivity index (χ3n) is 5.45. The van der Waals surface area contributed by atoms with Gasteiger partial charge in [-0.15, -0.1) is 0 Å². The van der Waals surface area contributed by atoms with E-state index in [2.05, 4.69) is 20.4 Å². The summed E-state index contributed by atoms with van der Waals surface area (Å²) in [4.78, 5) is 19.9. The first-order valence-corrected chi connectivity index (χ1v) is 10.9. The fraction of sp³-hybridized carbons (Fsp3) is 0.391. The van der Waals surface area contributed by atoms with Gasteiger partial charge in [0.25, 0.3) is 5.89 Å². The van der Waals surface area contributed by atoms with Crippen molar-refractivity contribution in [2.75, 3.05) is 5.32 Å². The number of carboxylic acids is 1. The highest BCUT2D eigenvalue weighted by Crippen LogP contribution is 2.32. The zero-order valence-corrected chi connectivity index (χ0v) is 18.9. The topological polar surface area (TPSA) is 110 Å². The molecule has 1 fully saturated rings. The Morgan fingerprint density at radius 3 is 2.78 bits per heavy atom. The summed E-state index contributed by atoms with van der Waals surface area (Å²) in [5.41, 5.74) is 3.36. The van der Waals surface area contributed by atoms with Crippen molar-refractivity contribution in [3.05, 3.63) is 41.0 Å². The molecule has 2 heterocycles. The quantitative estimate of drug-likeness (QED) is 0.498. The molecule has 2 atom stereocenters. The van der Waals surface area contributed by atoms with Crippen LogP contribution in [0.2, 0.25) is 5.02 Å². The Balaban J connectivity index is 1.48. The predicted octanol–water partition coefficient (Wildman–Crippen LogP) is 5.21. The van der Waals surface area contributed by atoms with Gasteiger partial charge >= 0.3 is 5.97 Å². The van der Waals surface area contributed by atoms with E-state index in [1.54, 1.807) is 12.3 Å². The highest BCUT2D eigenvalue weighted by atomic mass is 35.5. The number of nitrogens with zero attached hydrogens (tertiary/aromatic N) is 3. The molecular formula is C23H25ClN4O4. The van der Waals surface area contributed by atoms with Crippen LogP contribution in [0.3, 0.4) is 0 Å². The molecule has 2 aromatic heterocycles. The number of aryl methyl sites for hydroxylation is 1. The van der Waals surface area contributed by atoms with E-state index in [9.17, 15) is 9.90 Å². The number of anilines is 1. The Hall–Kier alpha value is -3.13. The molecule has 1 aliphatic carbocycles. The van der Waals surface area contributed by atoms with E-state index >= 15 is 0 Å². The lowest BCUT2D eigenvalue weighted by atomic mass is 10.1. The summed E-state index contributed by atoms with van der Waals surface area (Å²) in [5, 5.41) is 17.1. The summed E-state index contributed by atoms with van der Waals surface area (Å²) in [6.45, 7) is 5.78. The third-order valence-corrected chi connectivity index (χ3v) is 5.72. The van der Waals surface area contributed by atoms with Gasteiger partial charge < -0.3 is 19.7 Å². The summed E-state index contributed by atoms with van der Waals surface area (Å²) < 4.78 is 11.0. The first-order valence-electron chi connectivity index (χ1n) is 10.6. The molecule has 168 valence electrons. The number of rotatable bonds is 7. The molecule has 32 heavy (non-hydrogen) atoms. The third kappa shape index (κ3) is 4.85. The monoisotopic (exact) mass is 456 g/mol. The van der Waals surface area contributed by atoms with Gasteiger partial charge in [0, 0.05) is 29.1 Å². The van der Waals surface area contributed by atoms with Gasteiger partial charge in [0.2, 0.25) is 11.7 Å². The van der Waals surface area contributed by atoms with E-state index in [0.29, 0.717) is 41.0 Å². The molecule has 9 heteroatoms. The summed E-state index contributed by atoms with van der Waals surface area (Å²) in [7, 11) is 0. The van der Waals surface area contributed by atoms with Gasteiger partial charge in [-0.3, -0.25) is 4.79 Å². The molecule has 3 aromatic rings. The molecule has 1 aromatic carbocycles. The SMILES string of the molecule is Cc1cc(N[C@H]2CC[C@@H](C(=O)O)C2)ccc1-c1nc(-c2cnc(OC(C)C)c(Cl)c2)no1. The number of ether oxygens (including phenoxy) is 1. The van der Waals surface area contributed by atoms with Gasteiger partial charge in [0.05, 0.1) is 12.0 Å². The van der Waals surface area contributed by atoms with Crippen molar-refractivity contribution in [3.8, 4) is 28.7 Å². The molecule has 0 radical (unpaired) electrons. The second-order valence-electron chi connectivity index (χ2n) is 8.32. The van der Waals surface area contributed by atoms with Crippen molar-refractivity contribution < 1.29 is 19.2 Å². The van der Waals surface area contributed by atoms with Crippen LogP contribution in [0.25, 0.3) is 22.8 Å². The number of hydrogen-bond donors (Lipinski definition) is 2. The van der Waals surface area contributed by atoms with Crippen LogP contribution in [0, 0.1) is 12.8 Å². The Bertz CT molecular complexity index is 1130. The minimum Gasteiger partial charge on any atom is -0.481 e. The van der Waals surface area contributed by atoms with Gasteiger partial charge in [-0.1, -0.05) is 16.8 Å². The highest BCUT2D eigenvalue weighted by Gasteiger charge is 2.29. The van der Waals surface area contributed by atoms with E-state index in [1.807, 2.05) is 39.0 Å². The maximum atomic E-state index is 11.2. The highest BCUT2D eigenvalue weighted by molar-refractivity contribution is 6.32. The molecule has 0 bridgehead atoms. The molecule has 0 spiro atoms. The smallest absolute Gasteiger partial charge is 0.306 e. The van der Waals surface area contributed by atoms with E-state index in [-0.39, 0.29) is 18.1 Å². The number of hydrogen-bond acceptors (Lipinski definition) is 7. The molecule has 0 unspecified atom stereocenters. The van der Waals surface area contributed by atoms with Crippen molar-refractivity contribution in [1.82, 2.24) is 15.1 Å². The zero-order chi connectivity index (χ0) is 22.8. The summed E-state index contributed by atoms with van der Waals surface area (Å²) in [5.74, 6) is 0.169. The first-order chi connectivity index (χ1) is 15.3. The molecular weight excluding hydrogens is 432 g/mol. The van der Waals surface area contributed by atoms with Gasteiger partial charge in [-0.2, -0.15) is 4.98 Å². The molecule has 4 rings (SSSR count). The Morgan fingerprint density at radius 1 is 1.31 bits per heavy atom. The number of nitrogens with one attached hydrogen (secondary N) is 1. The molecule has 0 saturated heterocycles. The van der Waals surface area contributed by atoms with Gasteiger partial charge in [-0.25, -0.2) is 4.98 Å². The van der Waals surface area contributed by atoms with E-state index < -0.39 is 5.97 Å². The predicted molar refractivity (Wildman–Crippen MR) is 121 cm³/mol. The minimum atomic E-state index is -0.716. The second kappa shape index (κ2) is 9.16. The first kappa shape index (κ1) is 22.1. The van der Waals surface area contributed by atoms with Crippen LogP contribution < -0.4 is 10.1 Å². The van der Waals surface area contributed by atoms with Crippen LogP contribution >= 0.6 is 11.6 Å². The fourth-order valence-electron chi connectivity index (χ4n) is 3.87. The number of aliphatic carboxylic acids is 1. The Morgan fingerprint density at radius 2 is 2.12 bits per heavy atom. The minimum absolute atomic E-state index is 0.0321. The lowest BCUT2D eigenvalue weighted by molar-refractivity contribution is -0.141. The van der Waals surface area contributed by atoms with Crippen molar-refractivity contribution in [3.63, 3.8) is 0 Å². The molecule has 0 amide bonds. The lowest BCUT2D eigenvalue weighted by Gasteiger charge is -2.15. The Labute approximate surface area is 191 Å². The van der Waals surface area contributed by atoms with Gasteiger partial charge in [0.1, 0.15) is 5.02 Å². The normalized spacial score (nSPS) is 18.2. The molecule has 2 N–H and O–H groups in total. The number of pyridine rings is 1.